The number of amides is 2. The third-order valence-electron chi connectivity index (χ3n) is 3.46. The maximum Gasteiger partial charge on any atom is 0.420 e. The van der Waals surface area contributed by atoms with Gasteiger partial charge >= 0.3 is 18.4 Å². The lowest BCUT2D eigenvalue weighted by Crippen LogP contribution is -2.68. The Labute approximate surface area is 112 Å². The van der Waals surface area contributed by atoms with Crippen molar-refractivity contribution in [2.75, 3.05) is 13.1 Å². The first kappa shape index (κ1) is 16.9. The zero-order chi connectivity index (χ0) is 15.6. The quantitative estimate of drug-likeness (QED) is 0.779. The lowest BCUT2D eigenvalue weighted by atomic mass is 9.94. The highest BCUT2D eigenvalue weighted by molar-refractivity contribution is 5.75. The van der Waals surface area contributed by atoms with E-state index in [9.17, 15) is 31.1 Å². The lowest BCUT2D eigenvalue weighted by Gasteiger charge is -2.39. The van der Waals surface area contributed by atoms with Crippen LogP contribution in [0.25, 0.3) is 0 Å². The number of likely N-dealkylation sites (tertiary alicyclic amines) is 1. The van der Waals surface area contributed by atoms with Crippen LogP contribution < -0.4 is 5.32 Å². The number of urea groups is 1. The normalized spacial score (nSPS) is 18.1. The van der Waals surface area contributed by atoms with E-state index in [-0.39, 0.29) is 13.1 Å². The monoisotopic (exact) mass is 306 g/mol. The van der Waals surface area contributed by atoms with E-state index in [1.54, 1.807) is 0 Å². The molecule has 0 aromatic heterocycles. The topological polar surface area (TPSA) is 32.3 Å². The minimum absolute atomic E-state index is 0.168. The number of nitrogens with zero attached hydrogens (tertiary/aromatic N) is 1. The van der Waals surface area contributed by atoms with E-state index in [0.29, 0.717) is 12.8 Å². The van der Waals surface area contributed by atoms with Gasteiger partial charge < -0.3 is 10.2 Å². The number of alkyl halides is 6. The van der Waals surface area contributed by atoms with Crippen LogP contribution in [0.5, 0.6) is 0 Å². The predicted octanol–water partition coefficient (Wildman–Crippen LogP) is 3.46. The summed E-state index contributed by atoms with van der Waals surface area (Å²) in [6.07, 6.45) is -10.6. The molecule has 0 aromatic carbocycles. The molecule has 3 nitrogen and oxygen atoms in total. The molecule has 1 saturated heterocycles. The molecule has 0 bridgehead atoms. The third-order valence-corrected chi connectivity index (χ3v) is 3.46. The summed E-state index contributed by atoms with van der Waals surface area (Å²) in [5.41, 5.74) is -4.20. The van der Waals surface area contributed by atoms with Gasteiger partial charge in [0, 0.05) is 13.1 Å². The van der Waals surface area contributed by atoms with Gasteiger partial charge in [0.05, 0.1) is 0 Å². The molecule has 20 heavy (non-hydrogen) atoms. The average Bonchev–Trinajstić information content (AvgIpc) is 2.33. The van der Waals surface area contributed by atoms with Crippen LogP contribution in [0.2, 0.25) is 0 Å². The predicted molar refractivity (Wildman–Crippen MR) is 59.1 cm³/mol. The summed E-state index contributed by atoms with van der Waals surface area (Å²) in [6, 6.07) is -1.32. The fraction of sp³-hybridized carbons (Fsp3) is 0.909. The minimum Gasteiger partial charge on any atom is -0.325 e. The van der Waals surface area contributed by atoms with Crippen LogP contribution in [0.3, 0.4) is 0 Å². The maximum atomic E-state index is 12.8. The first-order chi connectivity index (χ1) is 9.05. The summed E-state index contributed by atoms with van der Waals surface area (Å²) in [5, 5.41) is 1.17. The highest BCUT2D eigenvalue weighted by atomic mass is 19.4. The molecule has 1 aliphatic heterocycles. The molecule has 0 aromatic rings. The molecule has 1 N–H and O–H groups in total. The molecule has 0 radical (unpaired) electrons. The summed E-state index contributed by atoms with van der Waals surface area (Å²) in [7, 11) is 0. The number of nitrogens with one attached hydrogen (secondary N) is 1. The van der Waals surface area contributed by atoms with Crippen LogP contribution in [0, 0.1) is 0 Å². The lowest BCUT2D eigenvalue weighted by molar-refractivity contribution is -0.305. The third kappa shape index (κ3) is 3.12. The largest absolute Gasteiger partial charge is 0.420 e. The number of piperidine rings is 1. The van der Waals surface area contributed by atoms with Crippen LogP contribution in [0.1, 0.15) is 32.6 Å². The van der Waals surface area contributed by atoms with E-state index in [2.05, 4.69) is 0 Å². The zero-order valence-electron chi connectivity index (χ0n) is 10.9. The summed E-state index contributed by atoms with van der Waals surface area (Å²) in [4.78, 5) is 12.7. The van der Waals surface area contributed by atoms with E-state index in [4.69, 9.17) is 0 Å². The van der Waals surface area contributed by atoms with Crippen molar-refractivity contribution in [3.63, 3.8) is 0 Å². The van der Waals surface area contributed by atoms with Crippen molar-refractivity contribution in [1.82, 2.24) is 10.2 Å². The molecule has 118 valence electrons. The van der Waals surface area contributed by atoms with Crippen molar-refractivity contribution in [3.05, 3.63) is 0 Å². The van der Waals surface area contributed by atoms with Gasteiger partial charge in [-0.15, -0.1) is 0 Å². The molecular formula is C11H16F6N2O. The van der Waals surface area contributed by atoms with Gasteiger partial charge in [-0.1, -0.05) is 6.92 Å². The Balaban J connectivity index is 2.98. The Morgan fingerprint density at radius 2 is 1.45 bits per heavy atom. The van der Waals surface area contributed by atoms with Crippen LogP contribution in [0.15, 0.2) is 0 Å². The van der Waals surface area contributed by atoms with Gasteiger partial charge in [-0.2, -0.15) is 26.3 Å². The van der Waals surface area contributed by atoms with Crippen molar-refractivity contribution in [1.29, 1.82) is 0 Å². The van der Waals surface area contributed by atoms with Crippen molar-refractivity contribution in [3.8, 4) is 0 Å². The van der Waals surface area contributed by atoms with Crippen molar-refractivity contribution in [2.24, 2.45) is 0 Å². The second-order valence-electron chi connectivity index (χ2n) is 4.73. The Hall–Kier alpha value is -1.15. The van der Waals surface area contributed by atoms with Gasteiger partial charge in [0.1, 0.15) is 0 Å². The molecule has 9 heteroatoms. The molecule has 0 aliphatic carbocycles. The summed E-state index contributed by atoms with van der Waals surface area (Å²) < 4.78 is 77.1. The smallest absolute Gasteiger partial charge is 0.325 e. The number of carbonyl (C=O) groups is 1. The number of hydrogen-bond donors (Lipinski definition) is 1. The first-order valence-electron chi connectivity index (χ1n) is 6.25. The maximum absolute atomic E-state index is 12.8. The van der Waals surface area contributed by atoms with Crippen molar-refractivity contribution in [2.45, 2.75) is 50.5 Å². The van der Waals surface area contributed by atoms with Gasteiger partial charge in [0.25, 0.3) is 0 Å². The van der Waals surface area contributed by atoms with Crippen LogP contribution in [-0.2, 0) is 0 Å². The summed E-state index contributed by atoms with van der Waals surface area (Å²) in [6.45, 7) is 1.08. The van der Waals surface area contributed by atoms with Crippen molar-refractivity contribution >= 4 is 6.03 Å². The van der Waals surface area contributed by atoms with E-state index in [1.165, 1.54) is 5.32 Å². The summed E-state index contributed by atoms with van der Waals surface area (Å²) in [5.74, 6) is 0. The molecule has 0 saturated carbocycles. The second-order valence-corrected chi connectivity index (χ2v) is 4.73. The van der Waals surface area contributed by atoms with E-state index < -0.39 is 30.3 Å². The molecule has 1 fully saturated rings. The Kier molecular flexibility index (Phi) is 4.81. The van der Waals surface area contributed by atoms with Gasteiger partial charge in [-0.25, -0.2) is 4.79 Å². The molecule has 0 spiro atoms. The summed E-state index contributed by atoms with van der Waals surface area (Å²) >= 11 is 0. The van der Waals surface area contributed by atoms with Crippen LogP contribution in [-0.4, -0.2) is 41.9 Å². The molecule has 1 rings (SSSR count). The number of halogens is 6. The Morgan fingerprint density at radius 3 is 1.80 bits per heavy atom. The van der Waals surface area contributed by atoms with E-state index in [1.807, 2.05) is 0 Å². The Bertz CT molecular complexity index is 332. The SMILES string of the molecule is CCC(NC(=O)N1CCCCC1)(C(F)(F)F)C(F)(F)F. The zero-order valence-corrected chi connectivity index (χ0v) is 10.9. The first-order valence-corrected chi connectivity index (χ1v) is 6.25. The fourth-order valence-electron chi connectivity index (χ4n) is 2.15. The fourth-order valence-corrected chi connectivity index (χ4v) is 2.15. The standard InChI is InChI=1S/C11H16F6N2O/c1-2-9(10(12,13)14,11(15,16)17)18-8(20)19-6-4-3-5-7-19/h2-7H2,1H3,(H,18,20). The van der Waals surface area contributed by atoms with Gasteiger partial charge in [0.15, 0.2) is 0 Å². The van der Waals surface area contributed by atoms with Gasteiger partial charge in [-0.3, -0.25) is 0 Å². The number of hydrogen-bond acceptors (Lipinski definition) is 1. The highest BCUT2D eigenvalue weighted by Crippen LogP contribution is 2.45. The van der Waals surface area contributed by atoms with Crippen molar-refractivity contribution < 1.29 is 31.1 Å². The number of rotatable bonds is 2. The Morgan fingerprint density at radius 1 is 1.00 bits per heavy atom. The van der Waals surface area contributed by atoms with Crippen LogP contribution >= 0.6 is 0 Å². The number of carbonyl (C=O) groups excluding carboxylic acids is 1. The molecular weight excluding hydrogens is 290 g/mol. The molecule has 1 aliphatic rings. The highest BCUT2D eigenvalue weighted by Gasteiger charge is 2.70. The van der Waals surface area contributed by atoms with Gasteiger partial charge in [0.2, 0.25) is 5.54 Å². The second kappa shape index (κ2) is 5.69. The minimum atomic E-state index is -5.61. The molecule has 0 atom stereocenters. The van der Waals surface area contributed by atoms with Crippen LogP contribution in [0.4, 0.5) is 31.1 Å². The molecule has 2 amide bonds. The average molecular weight is 306 g/mol. The van der Waals surface area contributed by atoms with E-state index >= 15 is 0 Å². The molecule has 0 unspecified atom stereocenters. The van der Waals surface area contributed by atoms with Gasteiger partial charge in [-0.05, 0) is 25.7 Å². The van der Waals surface area contributed by atoms with E-state index in [0.717, 1.165) is 18.2 Å². The molecule has 1 heterocycles.